The van der Waals surface area contributed by atoms with Gasteiger partial charge < -0.3 is 10.0 Å². The number of hydrogen-bond donors (Lipinski definition) is 1. The van der Waals surface area contributed by atoms with E-state index in [0.29, 0.717) is 17.1 Å². The van der Waals surface area contributed by atoms with Gasteiger partial charge in [0.05, 0.1) is 21.7 Å². The number of benzene rings is 1. The Morgan fingerprint density at radius 3 is 2.79 bits per heavy atom. The minimum atomic E-state index is -0.432. The molecule has 0 aliphatic carbocycles. The molecule has 1 fully saturated rings. The van der Waals surface area contributed by atoms with E-state index in [4.69, 9.17) is 11.6 Å². The van der Waals surface area contributed by atoms with Crippen molar-refractivity contribution in [2.75, 3.05) is 18.0 Å². The Morgan fingerprint density at radius 2 is 2.21 bits per heavy atom. The summed E-state index contributed by atoms with van der Waals surface area (Å²) in [4.78, 5) is 12.4. The molecule has 1 heterocycles. The molecule has 1 aliphatic heterocycles. The van der Waals surface area contributed by atoms with Gasteiger partial charge in [0.15, 0.2) is 0 Å². The molecule has 2 unspecified atom stereocenters. The van der Waals surface area contributed by atoms with Crippen molar-refractivity contribution in [1.82, 2.24) is 0 Å². The van der Waals surface area contributed by atoms with E-state index in [1.807, 2.05) is 11.8 Å². The number of halogens is 1. The monoisotopic (exact) mass is 284 g/mol. The molecule has 5 nitrogen and oxygen atoms in total. The average Bonchev–Trinajstić information content (AvgIpc) is 2.35. The minimum absolute atomic E-state index is 0.0275. The lowest BCUT2D eigenvalue weighted by Gasteiger charge is -2.36. The summed E-state index contributed by atoms with van der Waals surface area (Å²) < 4.78 is 0. The molecule has 2 rings (SSSR count). The maximum Gasteiger partial charge on any atom is 0.273 e. The maximum absolute atomic E-state index is 10.8. The van der Waals surface area contributed by atoms with Crippen LogP contribution in [0.4, 0.5) is 11.4 Å². The molecule has 0 aromatic heterocycles. The standard InChI is InChI=1S/C13H17ClN2O3/c1-8-3-4-15(7-13(8)17)12-5-9(2)11(16(18)19)6-10(12)14/h5-6,8,13,17H,3-4,7H2,1-2H3. The minimum Gasteiger partial charge on any atom is -0.391 e. The number of β-amino-alcohol motifs (C(OH)–C–C–N with tert-alkyl or cyclic N) is 1. The van der Waals surface area contributed by atoms with Gasteiger partial charge in [-0.3, -0.25) is 10.1 Å². The molecule has 6 heteroatoms. The van der Waals surface area contributed by atoms with Gasteiger partial charge in [0.2, 0.25) is 0 Å². The highest BCUT2D eigenvalue weighted by molar-refractivity contribution is 6.33. The lowest BCUT2D eigenvalue weighted by atomic mass is 9.95. The normalized spacial score (nSPS) is 23.5. The van der Waals surface area contributed by atoms with Crippen LogP contribution in [0.1, 0.15) is 18.9 Å². The fourth-order valence-corrected chi connectivity index (χ4v) is 2.64. The summed E-state index contributed by atoms with van der Waals surface area (Å²) in [5, 5.41) is 21.1. The number of nitrogens with zero attached hydrogens (tertiary/aromatic N) is 2. The summed E-state index contributed by atoms with van der Waals surface area (Å²) in [6.45, 7) is 5.03. The Bertz CT molecular complexity index is 507. The van der Waals surface area contributed by atoms with E-state index in [1.165, 1.54) is 6.07 Å². The lowest BCUT2D eigenvalue weighted by Crippen LogP contribution is -2.43. The fraction of sp³-hybridized carbons (Fsp3) is 0.538. The number of hydrogen-bond acceptors (Lipinski definition) is 4. The average molecular weight is 285 g/mol. The molecule has 104 valence electrons. The van der Waals surface area contributed by atoms with E-state index in [2.05, 4.69) is 0 Å². The first-order chi connectivity index (χ1) is 8.90. The van der Waals surface area contributed by atoms with Crippen molar-refractivity contribution in [1.29, 1.82) is 0 Å². The number of nitro groups is 1. The van der Waals surface area contributed by atoms with Crippen LogP contribution in [0, 0.1) is 23.0 Å². The fourth-order valence-electron chi connectivity index (χ4n) is 2.36. The topological polar surface area (TPSA) is 66.6 Å². The van der Waals surface area contributed by atoms with Gasteiger partial charge >= 0.3 is 0 Å². The third-order valence-electron chi connectivity index (χ3n) is 3.72. The molecule has 1 saturated heterocycles. The summed E-state index contributed by atoms with van der Waals surface area (Å²) in [5.74, 6) is 0.272. The molecule has 2 atom stereocenters. The molecular formula is C13H17ClN2O3. The third-order valence-corrected chi connectivity index (χ3v) is 4.02. The number of aliphatic hydroxyl groups is 1. The molecule has 1 aromatic carbocycles. The molecule has 0 saturated carbocycles. The van der Waals surface area contributed by atoms with Crippen LogP contribution >= 0.6 is 11.6 Å². The molecule has 1 N–H and O–H groups in total. The molecular weight excluding hydrogens is 268 g/mol. The second kappa shape index (κ2) is 5.35. The largest absolute Gasteiger partial charge is 0.391 e. The molecule has 1 aromatic rings. The summed E-state index contributed by atoms with van der Waals surface area (Å²) >= 11 is 6.14. The van der Waals surface area contributed by atoms with Crippen molar-refractivity contribution in [3.63, 3.8) is 0 Å². The van der Waals surface area contributed by atoms with Gasteiger partial charge in [-0.05, 0) is 25.3 Å². The Labute approximate surface area is 116 Å². The molecule has 0 amide bonds. The Morgan fingerprint density at radius 1 is 1.53 bits per heavy atom. The van der Waals surface area contributed by atoms with Crippen LogP contribution in [-0.4, -0.2) is 29.2 Å². The second-order valence-corrected chi connectivity index (χ2v) is 5.53. The van der Waals surface area contributed by atoms with Crippen molar-refractivity contribution in [3.8, 4) is 0 Å². The van der Waals surface area contributed by atoms with Crippen LogP contribution in [0.3, 0.4) is 0 Å². The van der Waals surface area contributed by atoms with Crippen molar-refractivity contribution in [2.24, 2.45) is 5.92 Å². The highest BCUT2D eigenvalue weighted by Gasteiger charge is 2.26. The number of piperidine rings is 1. The van der Waals surface area contributed by atoms with E-state index in [-0.39, 0.29) is 17.7 Å². The Hall–Kier alpha value is -1.33. The number of aryl methyl sites for hydroxylation is 1. The van der Waals surface area contributed by atoms with Crippen LogP contribution < -0.4 is 4.90 Å². The number of rotatable bonds is 2. The summed E-state index contributed by atoms with van der Waals surface area (Å²) in [7, 11) is 0. The van der Waals surface area contributed by atoms with E-state index in [0.717, 1.165) is 18.7 Å². The van der Waals surface area contributed by atoms with Crippen molar-refractivity contribution >= 4 is 23.0 Å². The van der Waals surface area contributed by atoms with Crippen molar-refractivity contribution < 1.29 is 10.0 Å². The Kier molecular flexibility index (Phi) is 3.96. The third kappa shape index (κ3) is 2.82. The molecule has 0 radical (unpaired) electrons. The first kappa shape index (κ1) is 14.1. The van der Waals surface area contributed by atoms with Gasteiger partial charge in [-0.25, -0.2) is 0 Å². The molecule has 1 aliphatic rings. The van der Waals surface area contributed by atoms with Gasteiger partial charge in [-0.1, -0.05) is 18.5 Å². The van der Waals surface area contributed by atoms with Crippen LogP contribution in [0.5, 0.6) is 0 Å². The van der Waals surface area contributed by atoms with E-state index in [9.17, 15) is 15.2 Å². The zero-order valence-electron chi connectivity index (χ0n) is 11.0. The van der Waals surface area contributed by atoms with Gasteiger partial charge in [0, 0.05) is 24.7 Å². The van der Waals surface area contributed by atoms with E-state index in [1.54, 1.807) is 13.0 Å². The van der Waals surface area contributed by atoms with Crippen LogP contribution in [0.15, 0.2) is 12.1 Å². The highest BCUT2D eigenvalue weighted by atomic mass is 35.5. The molecule has 0 spiro atoms. The smallest absolute Gasteiger partial charge is 0.273 e. The first-order valence-electron chi connectivity index (χ1n) is 6.27. The molecule has 0 bridgehead atoms. The zero-order chi connectivity index (χ0) is 14.2. The number of anilines is 1. The summed E-state index contributed by atoms with van der Waals surface area (Å²) in [5.41, 5.74) is 1.37. The predicted octanol–water partition coefficient (Wildman–Crippen LogP) is 2.76. The van der Waals surface area contributed by atoms with Crippen LogP contribution in [0.25, 0.3) is 0 Å². The molecule has 19 heavy (non-hydrogen) atoms. The zero-order valence-corrected chi connectivity index (χ0v) is 11.7. The second-order valence-electron chi connectivity index (χ2n) is 5.13. The SMILES string of the molecule is Cc1cc(N2CCC(C)C(O)C2)c(Cl)cc1[N+](=O)[O-]. The van der Waals surface area contributed by atoms with Gasteiger partial charge in [0.25, 0.3) is 5.69 Å². The maximum atomic E-state index is 10.8. The van der Waals surface area contributed by atoms with Gasteiger partial charge in [0.1, 0.15) is 0 Å². The van der Waals surface area contributed by atoms with Crippen molar-refractivity contribution in [3.05, 3.63) is 32.8 Å². The summed E-state index contributed by atoms with van der Waals surface area (Å²) in [6.07, 6.45) is 0.494. The predicted molar refractivity (Wildman–Crippen MR) is 74.8 cm³/mol. The van der Waals surface area contributed by atoms with Crippen LogP contribution in [0.2, 0.25) is 5.02 Å². The highest BCUT2D eigenvalue weighted by Crippen LogP contribution is 2.34. The first-order valence-corrected chi connectivity index (χ1v) is 6.65. The summed E-state index contributed by atoms with van der Waals surface area (Å²) in [6, 6.07) is 3.11. The van der Waals surface area contributed by atoms with Gasteiger partial charge in [-0.15, -0.1) is 0 Å². The van der Waals surface area contributed by atoms with E-state index < -0.39 is 4.92 Å². The van der Waals surface area contributed by atoms with Gasteiger partial charge in [-0.2, -0.15) is 0 Å². The number of aliphatic hydroxyl groups excluding tert-OH is 1. The Balaban J connectivity index is 2.31. The van der Waals surface area contributed by atoms with Crippen LogP contribution in [-0.2, 0) is 0 Å². The van der Waals surface area contributed by atoms with Crippen molar-refractivity contribution in [2.45, 2.75) is 26.4 Å². The number of nitro benzene ring substituents is 1. The lowest BCUT2D eigenvalue weighted by molar-refractivity contribution is -0.385. The van der Waals surface area contributed by atoms with E-state index >= 15 is 0 Å². The quantitative estimate of drug-likeness (QED) is 0.670.